The lowest BCUT2D eigenvalue weighted by atomic mass is 9.77. The van der Waals surface area contributed by atoms with Crippen molar-refractivity contribution in [2.24, 2.45) is 0 Å². The molecule has 1 atom stereocenters. The molecule has 30 heteroatoms. The van der Waals surface area contributed by atoms with Gasteiger partial charge in [-0.15, -0.1) is 0 Å². The van der Waals surface area contributed by atoms with E-state index in [0.29, 0.717) is 12.5 Å². The number of nitrogens with zero attached hydrogens (tertiary/aromatic N) is 2. The average Bonchev–Trinajstić information content (AvgIpc) is 3.50. The van der Waals surface area contributed by atoms with E-state index >= 15 is 0 Å². The van der Waals surface area contributed by atoms with Crippen molar-refractivity contribution in [3.05, 3.63) is 64.9 Å². The number of benzene rings is 2. The Kier molecular flexibility index (Phi) is 16.6. The quantitative estimate of drug-likeness (QED) is 0.0449. The third-order valence-corrected chi connectivity index (χ3v) is 16.0. The zero-order valence-corrected chi connectivity index (χ0v) is 40.8. The number of nitrogens with one attached hydrogen (secondary N) is 1. The molecule has 24 nitrogen and oxygen atoms in total. The molecule has 2 aromatic rings. The topological polar surface area (TPSA) is 399 Å². The summed E-state index contributed by atoms with van der Waals surface area (Å²) >= 11 is 0. The van der Waals surface area contributed by atoms with Crippen LogP contribution in [0, 0.1) is 0 Å². The van der Waals surface area contributed by atoms with Gasteiger partial charge in [0.1, 0.15) is 21.2 Å². The smallest absolute Gasteiger partial charge is 0.303 e. The van der Waals surface area contributed by atoms with Crippen LogP contribution in [0.1, 0.15) is 87.2 Å². The number of carboxylic acids is 1. The van der Waals surface area contributed by atoms with E-state index in [9.17, 15) is 82.9 Å². The van der Waals surface area contributed by atoms with E-state index in [1.54, 1.807) is 0 Å². The number of carboxylic acid groups (broad SMARTS) is 1. The second kappa shape index (κ2) is 20.0. The monoisotopic (exact) mass is 1060 g/mol. The van der Waals surface area contributed by atoms with Gasteiger partial charge in [-0.1, -0.05) is 6.08 Å². The number of allylic oxidation sites excluding steroid dienone is 4. The maximum Gasteiger partial charge on any atom is 0.303 e. The summed E-state index contributed by atoms with van der Waals surface area (Å²) in [6.07, 6.45) is 3.50. The lowest BCUT2D eigenvalue weighted by Crippen LogP contribution is -2.31. The molecule has 2 aliphatic rings. The number of fused-ring (bicyclic) bond motifs is 2. The van der Waals surface area contributed by atoms with Gasteiger partial charge in [0.15, 0.2) is 5.71 Å². The van der Waals surface area contributed by atoms with Crippen LogP contribution in [-0.2, 0) is 76.3 Å². The minimum Gasteiger partial charge on any atom is -0.481 e. The number of carbonyl (C=O) groups excluding carboxylic acids is 1. The van der Waals surface area contributed by atoms with Crippen molar-refractivity contribution in [2.45, 2.75) is 91.2 Å². The Morgan fingerprint density at radius 1 is 0.687 bits per heavy atom. The highest BCUT2D eigenvalue weighted by Crippen LogP contribution is 2.54. The second-order valence-corrected chi connectivity index (χ2v) is 25.4. The van der Waals surface area contributed by atoms with Crippen molar-refractivity contribution in [3.8, 4) is 0 Å². The molecule has 374 valence electrons. The first-order chi connectivity index (χ1) is 30.4. The molecule has 2 aromatic carbocycles. The van der Waals surface area contributed by atoms with Gasteiger partial charge in [-0.05, 0) is 77.2 Å². The van der Waals surface area contributed by atoms with E-state index in [2.05, 4.69) is 5.32 Å². The van der Waals surface area contributed by atoms with Crippen LogP contribution in [0.25, 0.3) is 0 Å². The van der Waals surface area contributed by atoms with Gasteiger partial charge in [0.25, 0.3) is 66.6 Å². The number of hydrogen-bond donors (Lipinski definition) is 8. The molecule has 0 aromatic heterocycles. The molecule has 8 N–H and O–H groups in total. The number of hydrogen-bond acceptors (Lipinski definition) is 15. The summed E-state index contributed by atoms with van der Waals surface area (Å²) in [5, 5.41) is 11.3. The predicted octanol–water partition coefficient (Wildman–Crippen LogP) is 2.23. The van der Waals surface area contributed by atoms with E-state index in [1.807, 2.05) is 0 Å². The molecule has 0 aliphatic carbocycles. The van der Waals surface area contributed by atoms with Gasteiger partial charge in [-0.3, -0.25) is 36.9 Å². The molecular formula is C37H50N3O21S6+. The fourth-order valence-corrected chi connectivity index (χ4v) is 12.0. The molecule has 0 saturated carbocycles. The molecular weight excluding hydrogens is 1010 g/mol. The highest BCUT2D eigenvalue weighted by Gasteiger charge is 2.50. The number of anilines is 1. The van der Waals surface area contributed by atoms with Gasteiger partial charge >= 0.3 is 5.97 Å². The van der Waals surface area contributed by atoms with Gasteiger partial charge in [0.05, 0.1) is 28.2 Å². The summed E-state index contributed by atoms with van der Waals surface area (Å²) < 4.78 is 208. The van der Waals surface area contributed by atoms with E-state index in [0.717, 1.165) is 18.2 Å². The number of carbonyl (C=O) groups is 2. The minimum absolute atomic E-state index is 0.0275. The first kappa shape index (κ1) is 55.4. The number of amides is 1. The molecule has 0 saturated heterocycles. The summed E-state index contributed by atoms with van der Waals surface area (Å²) in [5.74, 6) is -4.87. The minimum atomic E-state index is -5.34. The molecule has 67 heavy (non-hydrogen) atoms. The lowest BCUT2D eigenvalue weighted by molar-refractivity contribution is -0.438. The van der Waals surface area contributed by atoms with Crippen molar-refractivity contribution in [1.29, 1.82) is 0 Å². The van der Waals surface area contributed by atoms with E-state index in [1.165, 1.54) is 48.5 Å². The van der Waals surface area contributed by atoms with Crippen molar-refractivity contribution in [1.82, 2.24) is 5.32 Å². The van der Waals surface area contributed by atoms with Crippen LogP contribution in [0.5, 0.6) is 0 Å². The van der Waals surface area contributed by atoms with Gasteiger partial charge in [-0.25, -0.2) is 0 Å². The number of rotatable bonds is 23. The van der Waals surface area contributed by atoms with E-state index in [-0.39, 0.29) is 72.6 Å². The normalized spacial score (nSPS) is 18.5. The fraction of sp³-hybridized carbons (Fsp3) is 0.486. The summed E-state index contributed by atoms with van der Waals surface area (Å²) in [4.78, 5) is 23.1. The van der Waals surface area contributed by atoms with Crippen LogP contribution in [-0.4, -0.2) is 142 Å². The molecule has 4 rings (SSSR count). The fourth-order valence-electron chi connectivity index (χ4n) is 8.29. The van der Waals surface area contributed by atoms with Gasteiger partial charge < -0.3 is 15.3 Å². The summed E-state index contributed by atoms with van der Waals surface area (Å²) in [6, 6.07) is 3.39. The van der Waals surface area contributed by atoms with Crippen LogP contribution >= 0.6 is 0 Å². The van der Waals surface area contributed by atoms with Crippen LogP contribution in [0.3, 0.4) is 0 Å². The Hall–Kier alpha value is -4.21. The summed E-state index contributed by atoms with van der Waals surface area (Å²) in [5.41, 5.74) is -4.10. The lowest BCUT2D eigenvalue weighted by Gasteiger charge is -2.31. The predicted molar refractivity (Wildman–Crippen MR) is 239 cm³/mol. The maximum absolute atomic E-state index is 13.3. The summed E-state index contributed by atoms with van der Waals surface area (Å²) in [7, 11) is -29.5. The van der Waals surface area contributed by atoms with Crippen molar-refractivity contribution in [2.75, 3.05) is 41.8 Å². The summed E-state index contributed by atoms with van der Waals surface area (Å²) in [6.45, 7) is 3.33. The molecule has 0 spiro atoms. The van der Waals surface area contributed by atoms with Crippen LogP contribution in [0.15, 0.2) is 62.9 Å². The molecule has 1 amide bonds. The Balaban J connectivity index is 2.07. The van der Waals surface area contributed by atoms with Crippen LogP contribution < -0.4 is 10.2 Å². The van der Waals surface area contributed by atoms with Crippen LogP contribution in [0.4, 0.5) is 11.4 Å². The number of aliphatic carboxylic acids is 1. The largest absolute Gasteiger partial charge is 0.481 e. The Bertz CT molecular complexity index is 3130. The third kappa shape index (κ3) is 14.0. The van der Waals surface area contributed by atoms with E-state index < -0.39 is 140 Å². The molecule has 0 bridgehead atoms. The van der Waals surface area contributed by atoms with E-state index in [4.69, 9.17) is 9.66 Å². The van der Waals surface area contributed by atoms with Gasteiger partial charge in [-0.2, -0.15) is 55.1 Å². The highest BCUT2D eigenvalue weighted by atomic mass is 32.2. The van der Waals surface area contributed by atoms with Crippen molar-refractivity contribution < 1.29 is 97.1 Å². The number of unbranched alkanes of at least 4 members (excludes halogenated alkanes) is 2. The molecule has 1 unspecified atom stereocenters. The Morgan fingerprint density at radius 2 is 1.25 bits per heavy atom. The first-order valence-electron chi connectivity index (χ1n) is 19.8. The van der Waals surface area contributed by atoms with Gasteiger partial charge in [0.2, 0.25) is 5.69 Å². The Morgan fingerprint density at radius 3 is 1.79 bits per heavy atom. The zero-order valence-electron chi connectivity index (χ0n) is 35.9. The van der Waals surface area contributed by atoms with Gasteiger partial charge in [0, 0.05) is 66.0 Å². The van der Waals surface area contributed by atoms with Crippen molar-refractivity contribution >= 4 is 89.7 Å². The van der Waals surface area contributed by atoms with Crippen molar-refractivity contribution in [3.63, 3.8) is 0 Å². The highest BCUT2D eigenvalue weighted by molar-refractivity contribution is 7.87. The second-order valence-electron chi connectivity index (χ2n) is 16.4. The molecule has 2 aliphatic heterocycles. The molecule has 0 radical (unpaired) electrons. The molecule has 0 fully saturated rings. The third-order valence-electron chi connectivity index (χ3n) is 11.1. The maximum atomic E-state index is 13.3. The van der Waals surface area contributed by atoms with Crippen LogP contribution in [0.2, 0.25) is 0 Å². The Labute approximate surface area is 388 Å². The standard InChI is InChI=1S/C37H49N3O21S6/c1-36(2)30(39(15-6-4-5-12-32(41)42)27-22-25(65(53,54)55)23-29(33(27)36)67(59,60)61)10-7-11-31-37(3,13-8-17-62(44,45)46)34-26(40(31)16-9-18-63(47,48)49)20-24(21-28(34)66(56,57)58)35(43)38-14-19-64(50,51)52/h7,10-11,20-23H,4-6,8-9,12-19H2,1-3H3,(H7-,38,41,42,43,44,45,46,47,48,49,50,51,52,53,54,55,56,57,58,59,60,61)/p+1. The zero-order chi connectivity index (χ0) is 50.9. The first-order valence-corrected chi connectivity index (χ1v) is 29.0. The molecule has 2 heterocycles. The average molecular weight is 1070 g/mol. The SMILES string of the molecule is CC1(C)C(C=CC=C2N(CCCS(=O)(=O)O)c3cc(C(=O)NCCS(=O)(=O)O)cc(S(=O)(=O)O)c3C2(C)CCCS(=O)(=O)O)=[N+](CCCCCC(=O)O)c2cc(S(=O)(=O)O)cc(S(=O)(=O)O)c21.